The number of unbranched alkanes of at least 4 members (excludes halogenated alkanes) is 45. The summed E-state index contributed by atoms with van der Waals surface area (Å²) in [5.41, 5.74) is 0. The van der Waals surface area contributed by atoms with Crippen LogP contribution in [0.3, 0.4) is 0 Å². The van der Waals surface area contributed by atoms with Gasteiger partial charge in [-0.3, -0.25) is 14.4 Å². The first-order valence-corrected chi connectivity index (χ1v) is 31.2. The van der Waals surface area contributed by atoms with Gasteiger partial charge in [-0.2, -0.15) is 0 Å². The van der Waals surface area contributed by atoms with Crippen molar-refractivity contribution in [1.82, 2.24) is 0 Å². The molecule has 0 aromatic rings. The summed E-state index contributed by atoms with van der Waals surface area (Å²) in [6.45, 7) is 6.61. The number of ether oxygens (including phenoxy) is 3. The Hall–Kier alpha value is -1.85. The lowest BCUT2D eigenvalue weighted by Gasteiger charge is -2.18. The van der Waals surface area contributed by atoms with Gasteiger partial charge in [-0.1, -0.05) is 303 Å². The summed E-state index contributed by atoms with van der Waals surface area (Å²) in [7, 11) is 0. The van der Waals surface area contributed by atoms with Gasteiger partial charge in [-0.05, 0) is 44.9 Å². The Bertz CT molecular complexity index is 1070. The minimum absolute atomic E-state index is 0.0673. The molecule has 69 heavy (non-hydrogen) atoms. The number of hydrogen-bond acceptors (Lipinski definition) is 6. The quantitative estimate of drug-likeness (QED) is 0.0261. The maximum absolute atomic E-state index is 12.8. The molecule has 0 heterocycles. The van der Waals surface area contributed by atoms with Crippen LogP contribution in [0.25, 0.3) is 0 Å². The summed E-state index contributed by atoms with van der Waals surface area (Å²) in [5.74, 6) is -0.864. The second-order valence-electron chi connectivity index (χ2n) is 21.3. The molecule has 0 spiro atoms. The standard InChI is InChI=1S/C63H120O6/c1-4-7-10-13-15-17-19-21-23-25-26-27-28-29-30-31-32-33-34-35-36-38-39-41-43-45-47-50-53-56-62(65)68-59-60(58-67-61(64)55-52-49-12-9-6-3)69-63(66)57-54-51-48-46-44-42-40-37-24-22-20-18-16-14-11-8-5-2/h22,24,60H,4-21,23,25-59H2,1-3H3/b24-22-. The van der Waals surface area contributed by atoms with Gasteiger partial charge in [-0.15, -0.1) is 0 Å². The lowest BCUT2D eigenvalue weighted by Crippen LogP contribution is -2.30. The molecule has 0 aliphatic rings. The number of carbonyl (C=O) groups excluding carboxylic acids is 3. The number of esters is 3. The van der Waals surface area contributed by atoms with Crippen LogP contribution in [0.4, 0.5) is 0 Å². The van der Waals surface area contributed by atoms with E-state index in [0.29, 0.717) is 19.3 Å². The minimum Gasteiger partial charge on any atom is -0.462 e. The van der Waals surface area contributed by atoms with E-state index in [-0.39, 0.29) is 31.1 Å². The van der Waals surface area contributed by atoms with Crippen LogP contribution in [0, 0.1) is 0 Å². The molecule has 0 fully saturated rings. The molecule has 0 amide bonds. The van der Waals surface area contributed by atoms with E-state index in [1.54, 1.807) is 0 Å². The third-order valence-corrected chi connectivity index (χ3v) is 14.3. The van der Waals surface area contributed by atoms with E-state index in [2.05, 4.69) is 32.9 Å². The Balaban J connectivity index is 3.92. The van der Waals surface area contributed by atoms with Gasteiger partial charge >= 0.3 is 17.9 Å². The first-order chi connectivity index (χ1) is 34.0. The molecule has 6 nitrogen and oxygen atoms in total. The fourth-order valence-corrected chi connectivity index (χ4v) is 9.56. The van der Waals surface area contributed by atoms with E-state index in [4.69, 9.17) is 14.2 Å². The fourth-order valence-electron chi connectivity index (χ4n) is 9.56. The first-order valence-electron chi connectivity index (χ1n) is 31.2. The highest BCUT2D eigenvalue weighted by atomic mass is 16.6. The highest BCUT2D eigenvalue weighted by molar-refractivity contribution is 5.71. The molecule has 1 unspecified atom stereocenters. The number of hydrogen-bond donors (Lipinski definition) is 0. The van der Waals surface area contributed by atoms with Crippen molar-refractivity contribution < 1.29 is 28.6 Å². The van der Waals surface area contributed by atoms with Crippen molar-refractivity contribution in [3.8, 4) is 0 Å². The van der Waals surface area contributed by atoms with Crippen LogP contribution in [-0.4, -0.2) is 37.2 Å². The highest BCUT2D eigenvalue weighted by Gasteiger charge is 2.19. The van der Waals surface area contributed by atoms with Crippen molar-refractivity contribution >= 4 is 17.9 Å². The molecular weight excluding hydrogens is 853 g/mol. The van der Waals surface area contributed by atoms with Crippen LogP contribution >= 0.6 is 0 Å². The monoisotopic (exact) mass is 973 g/mol. The molecule has 0 N–H and O–H groups in total. The van der Waals surface area contributed by atoms with E-state index in [1.165, 1.54) is 250 Å². The van der Waals surface area contributed by atoms with Crippen LogP contribution in [0.15, 0.2) is 12.2 Å². The third kappa shape index (κ3) is 56.9. The summed E-state index contributed by atoms with van der Waals surface area (Å²) in [5, 5.41) is 0. The summed E-state index contributed by atoms with van der Waals surface area (Å²) >= 11 is 0. The van der Waals surface area contributed by atoms with E-state index in [0.717, 1.165) is 64.2 Å². The number of carbonyl (C=O) groups is 3. The van der Waals surface area contributed by atoms with Crippen LogP contribution in [-0.2, 0) is 28.6 Å². The third-order valence-electron chi connectivity index (χ3n) is 14.3. The molecule has 0 aromatic heterocycles. The van der Waals surface area contributed by atoms with Gasteiger partial charge in [0.25, 0.3) is 0 Å². The summed E-state index contributed by atoms with van der Waals surface area (Å²) < 4.78 is 16.7. The molecule has 0 aromatic carbocycles. The predicted molar refractivity (Wildman–Crippen MR) is 298 cm³/mol. The summed E-state index contributed by atoms with van der Waals surface area (Å²) in [6, 6.07) is 0. The van der Waals surface area contributed by atoms with Crippen molar-refractivity contribution in [2.45, 2.75) is 361 Å². The van der Waals surface area contributed by atoms with Gasteiger partial charge in [0.1, 0.15) is 13.2 Å². The fraction of sp³-hybridized carbons (Fsp3) is 0.921. The van der Waals surface area contributed by atoms with Gasteiger partial charge in [0.15, 0.2) is 6.10 Å². The summed E-state index contributed by atoms with van der Waals surface area (Å²) in [4.78, 5) is 37.8. The Labute approximate surface area is 431 Å². The zero-order valence-corrected chi connectivity index (χ0v) is 46.9. The zero-order chi connectivity index (χ0) is 50.0. The molecular formula is C63H120O6. The Morgan fingerprint density at radius 3 is 0.725 bits per heavy atom. The average molecular weight is 974 g/mol. The number of allylic oxidation sites excluding steroid dienone is 2. The zero-order valence-electron chi connectivity index (χ0n) is 46.9. The topological polar surface area (TPSA) is 78.9 Å². The summed E-state index contributed by atoms with van der Waals surface area (Å²) in [6.07, 6.45) is 68.5. The van der Waals surface area contributed by atoms with Crippen LogP contribution in [0.5, 0.6) is 0 Å². The van der Waals surface area contributed by atoms with Crippen molar-refractivity contribution in [2.75, 3.05) is 13.2 Å². The maximum atomic E-state index is 12.8. The highest BCUT2D eigenvalue weighted by Crippen LogP contribution is 2.18. The molecule has 0 radical (unpaired) electrons. The lowest BCUT2D eigenvalue weighted by atomic mass is 10.0. The lowest BCUT2D eigenvalue weighted by molar-refractivity contribution is -0.167. The van der Waals surface area contributed by atoms with Crippen molar-refractivity contribution in [3.63, 3.8) is 0 Å². The molecule has 0 bridgehead atoms. The van der Waals surface area contributed by atoms with Crippen LogP contribution in [0.2, 0.25) is 0 Å². The van der Waals surface area contributed by atoms with Crippen molar-refractivity contribution in [3.05, 3.63) is 12.2 Å². The van der Waals surface area contributed by atoms with E-state index >= 15 is 0 Å². The molecule has 408 valence electrons. The SMILES string of the molecule is CCCCCCCC/C=C\CCCCCCCCCC(=O)OC(COC(=O)CCCCCCC)COC(=O)CCCCCCCCCCCCCCCCCCCCCCCCCCCCCCC. The second kappa shape index (κ2) is 58.7. The van der Waals surface area contributed by atoms with E-state index in [9.17, 15) is 14.4 Å². The maximum Gasteiger partial charge on any atom is 0.306 e. The van der Waals surface area contributed by atoms with Gasteiger partial charge in [0.2, 0.25) is 0 Å². The average Bonchev–Trinajstić information content (AvgIpc) is 3.35. The van der Waals surface area contributed by atoms with Gasteiger partial charge in [0.05, 0.1) is 0 Å². The Morgan fingerprint density at radius 1 is 0.275 bits per heavy atom. The minimum atomic E-state index is -0.765. The predicted octanol–water partition coefficient (Wildman–Crippen LogP) is 20.9. The normalized spacial score (nSPS) is 12.0. The molecule has 0 saturated carbocycles. The molecule has 0 rings (SSSR count). The van der Waals surface area contributed by atoms with Gasteiger partial charge < -0.3 is 14.2 Å². The first kappa shape index (κ1) is 67.1. The second-order valence-corrected chi connectivity index (χ2v) is 21.3. The molecule has 1 atom stereocenters. The largest absolute Gasteiger partial charge is 0.462 e. The Morgan fingerprint density at radius 2 is 0.478 bits per heavy atom. The van der Waals surface area contributed by atoms with Crippen molar-refractivity contribution in [2.24, 2.45) is 0 Å². The molecule has 0 aliphatic heterocycles. The molecule has 0 aliphatic carbocycles. The van der Waals surface area contributed by atoms with Crippen LogP contribution < -0.4 is 0 Å². The smallest absolute Gasteiger partial charge is 0.306 e. The van der Waals surface area contributed by atoms with Crippen LogP contribution in [0.1, 0.15) is 355 Å². The van der Waals surface area contributed by atoms with Gasteiger partial charge in [0, 0.05) is 19.3 Å². The van der Waals surface area contributed by atoms with E-state index < -0.39 is 6.10 Å². The molecule has 6 heteroatoms. The van der Waals surface area contributed by atoms with Crippen molar-refractivity contribution in [1.29, 1.82) is 0 Å². The number of rotatable bonds is 58. The van der Waals surface area contributed by atoms with Gasteiger partial charge in [-0.25, -0.2) is 0 Å². The molecule has 0 saturated heterocycles. The van der Waals surface area contributed by atoms with E-state index in [1.807, 2.05) is 0 Å². The Kier molecular flexibility index (Phi) is 57.1.